The van der Waals surface area contributed by atoms with E-state index in [1.165, 1.54) is 27.8 Å². The molecule has 0 radical (unpaired) electrons. The molecule has 9 heteroatoms. The lowest BCUT2D eigenvalue weighted by molar-refractivity contribution is 0.102. The van der Waals surface area contributed by atoms with Crippen molar-refractivity contribution in [1.29, 1.82) is 0 Å². The first-order chi connectivity index (χ1) is 14.4. The third-order valence-corrected chi connectivity index (χ3v) is 8.31. The topological polar surface area (TPSA) is 92.3 Å². The van der Waals surface area contributed by atoms with Crippen molar-refractivity contribution in [1.82, 2.24) is 10.2 Å². The molecule has 3 aromatic rings. The minimum Gasteiger partial charge on any atom is -0.296 e. The molecule has 1 fully saturated rings. The number of para-hydroxylation sites is 1. The molecule has 1 atom stereocenters. The Bertz CT molecular complexity index is 1230. The number of carbonyl (C=O) groups excluding carboxylic acids is 1. The van der Waals surface area contributed by atoms with E-state index in [2.05, 4.69) is 15.5 Å². The molecule has 1 saturated carbocycles. The van der Waals surface area contributed by atoms with Gasteiger partial charge in [0.1, 0.15) is 5.01 Å². The molecule has 0 bridgehead atoms. The summed E-state index contributed by atoms with van der Waals surface area (Å²) in [5, 5.41) is 12.2. The Morgan fingerprint density at radius 2 is 1.93 bits per heavy atom. The number of sulfonamides is 1. The van der Waals surface area contributed by atoms with Gasteiger partial charge in [-0.15, -0.1) is 10.2 Å². The predicted molar refractivity (Wildman–Crippen MR) is 116 cm³/mol. The van der Waals surface area contributed by atoms with Crippen LogP contribution in [0.3, 0.4) is 0 Å². The van der Waals surface area contributed by atoms with Gasteiger partial charge in [0.25, 0.3) is 15.9 Å². The van der Waals surface area contributed by atoms with Crippen LogP contribution in [0.15, 0.2) is 53.4 Å². The van der Waals surface area contributed by atoms with Gasteiger partial charge in [0, 0.05) is 17.5 Å². The number of carbonyl (C=O) groups is 1. The van der Waals surface area contributed by atoms with Crippen LogP contribution in [0.1, 0.15) is 46.6 Å². The minimum absolute atomic E-state index is 0.0923. The third kappa shape index (κ3) is 3.37. The zero-order valence-electron chi connectivity index (χ0n) is 16.3. The van der Waals surface area contributed by atoms with Gasteiger partial charge < -0.3 is 0 Å². The maximum atomic E-state index is 13.4. The summed E-state index contributed by atoms with van der Waals surface area (Å²) >= 11 is 1.37. The van der Waals surface area contributed by atoms with E-state index in [0.717, 1.165) is 23.4 Å². The Kier molecular flexibility index (Phi) is 4.59. The molecule has 30 heavy (non-hydrogen) atoms. The number of rotatable bonds is 5. The molecule has 1 N–H and O–H groups in total. The Morgan fingerprint density at radius 1 is 1.13 bits per heavy atom. The number of amides is 1. The molecule has 0 spiro atoms. The van der Waals surface area contributed by atoms with Crippen molar-refractivity contribution in [3.63, 3.8) is 0 Å². The van der Waals surface area contributed by atoms with E-state index < -0.39 is 15.9 Å². The lowest BCUT2D eigenvalue weighted by Crippen LogP contribution is -2.35. The summed E-state index contributed by atoms with van der Waals surface area (Å²) in [4.78, 5) is 12.8. The van der Waals surface area contributed by atoms with Crippen molar-refractivity contribution < 1.29 is 13.2 Å². The Labute approximate surface area is 178 Å². The van der Waals surface area contributed by atoms with Crippen LogP contribution >= 0.6 is 11.3 Å². The van der Waals surface area contributed by atoms with E-state index in [4.69, 9.17) is 0 Å². The Balaban J connectivity index is 1.41. The van der Waals surface area contributed by atoms with Crippen LogP contribution in [-0.4, -0.2) is 30.6 Å². The van der Waals surface area contributed by atoms with Gasteiger partial charge in [-0.25, -0.2) is 8.42 Å². The van der Waals surface area contributed by atoms with Crippen LogP contribution in [0.5, 0.6) is 0 Å². The van der Waals surface area contributed by atoms with Crippen LogP contribution < -0.4 is 9.62 Å². The first kappa shape index (κ1) is 19.2. The van der Waals surface area contributed by atoms with Crippen molar-refractivity contribution in [2.24, 2.45) is 0 Å². The second-order valence-electron chi connectivity index (χ2n) is 7.68. The second kappa shape index (κ2) is 7.17. The number of nitrogens with zero attached hydrogens (tertiary/aromatic N) is 3. The molecule has 5 rings (SSSR count). The highest BCUT2D eigenvalue weighted by Crippen LogP contribution is 2.42. The number of anilines is 2. The number of fused-ring (bicyclic) bond motifs is 1. The zero-order chi connectivity index (χ0) is 20.9. The molecule has 154 valence electrons. The van der Waals surface area contributed by atoms with E-state index in [-0.39, 0.29) is 16.5 Å². The van der Waals surface area contributed by atoms with Gasteiger partial charge in [-0.05, 0) is 56.0 Å². The Hall–Kier alpha value is -2.78. The first-order valence-electron chi connectivity index (χ1n) is 9.80. The van der Waals surface area contributed by atoms with Crippen LogP contribution in [0.25, 0.3) is 0 Å². The first-order valence-corrected chi connectivity index (χ1v) is 12.1. The average Bonchev–Trinajstić information content (AvgIpc) is 3.38. The van der Waals surface area contributed by atoms with Crippen molar-refractivity contribution in [3.05, 3.63) is 64.7 Å². The van der Waals surface area contributed by atoms with Gasteiger partial charge in [0.05, 0.1) is 10.6 Å². The van der Waals surface area contributed by atoms with E-state index in [1.807, 2.05) is 31.2 Å². The standard InChI is InChI=1S/C21H20N4O3S2/c1-13-11-15-5-2-3-8-18(15)25(13)30(27,28)17-7-4-6-16(12-17)19(26)22-21-24-23-20(29-21)14-9-10-14/h2-8,12-14H,9-11H2,1H3,(H,22,24,26). The molecular weight excluding hydrogens is 420 g/mol. The van der Waals surface area contributed by atoms with Gasteiger partial charge in [0.15, 0.2) is 0 Å². The fraction of sp³-hybridized carbons (Fsp3) is 0.286. The maximum Gasteiger partial charge on any atom is 0.264 e. The second-order valence-corrected chi connectivity index (χ2v) is 10.5. The van der Waals surface area contributed by atoms with E-state index in [0.29, 0.717) is 23.2 Å². The van der Waals surface area contributed by atoms with Gasteiger partial charge in [-0.2, -0.15) is 0 Å². The molecule has 1 aliphatic carbocycles. The highest BCUT2D eigenvalue weighted by atomic mass is 32.2. The molecule has 1 amide bonds. The van der Waals surface area contributed by atoms with Crippen LogP contribution in [-0.2, 0) is 16.4 Å². The van der Waals surface area contributed by atoms with Crippen molar-refractivity contribution in [2.45, 2.75) is 43.0 Å². The molecular formula is C21H20N4O3S2. The molecule has 0 saturated heterocycles. The summed E-state index contributed by atoms with van der Waals surface area (Å²) in [6.45, 7) is 1.89. The number of hydrogen-bond donors (Lipinski definition) is 1. The van der Waals surface area contributed by atoms with Gasteiger partial charge >= 0.3 is 0 Å². The average molecular weight is 441 g/mol. The van der Waals surface area contributed by atoms with Crippen LogP contribution in [0, 0.1) is 0 Å². The lowest BCUT2D eigenvalue weighted by Gasteiger charge is -2.24. The molecule has 2 aliphatic rings. The summed E-state index contributed by atoms with van der Waals surface area (Å²) < 4.78 is 28.3. The summed E-state index contributed by atoms with van der Waals surface area (Å²) in [6, 6.07) is 13.4. The summed E-state index contributed by atoms with van der Waals surface area (Å²) in [6.07, 6.45) is 2.89. The molecule has 1 aliphatic heterocycles. The van der Waals surface area contributed by atoms with E-state index in [9.17, 15) is 13.2 Å². The maximum absolute atomic E-state index is 13.4. The summed E-state index contributed by atoms with van der Waals surface area (Å²) in [5.74, 6) is 0.0624. The van der Waals surface area contributed by atoms with Gasteiger partial charge in [-0.1, -0.05) is 35.6 Å². The largest absolute Gasteiger partial charge is 0.296 e. The molecule has 2 heterocycles. The number of benzene rings is 2. The SMILES string of the molecule is CC1Cc2ccccc2N1S(=O)(=O)c1cccc(C(=O)Nc2nnc(C3CC3)s2)c1. The lowest BCUT2D eigenvalue weighted by atomic mass is 10.1. The Morgan fingerprint density at radius 3 is 2.73 bits per heavy atom. The van der Waals surface area contributed by atoms with Gasteiger partial charge in [-0.3, -0.25) is 14.4 Å². The molecule has 7 nitrogen and oxygen atoms in total. The minimum atomic E-state index is -3.80. The monoisotopic (exact) mass is 440 g/mol. The summed E-state index contributed by atoms with van der Waals surface area (Å²) in [7, 11) is -3.80. The van der Waals surface area contributed by atoms with Crippen molar-refractivity contribution in [3.8, 4) is 0 Å². The fourth-order valence-electron chi connectivity index (χ4n) is 3.76. The van der Waals surface area contributed by atoms with E-state index >= 15 is 0 Å². The van der Waals surface area contributed by atoms with E-state index in [1.54, 1.807) is 12.1 Å². The number of aromatic nitrogens is 2. The highest BCUT2D eigenvalue weighted by Gasteiger charge is 2.36. The van der Waals surface area contributed by atoms with Crippen LogP contribution in [0.4, 0.5) is 10.8 Å². The zero-order valence-corrected chi connectivity index (χ0v) is 17.9. The smallest absolute Gasteiger partial charge is 0.264 e. The summed E-state index contributed by atoms with van der Waals surface area (Å²) in [5.41, 5.74) is 1.96. The quantitative estimate of drug-likeness (QED) is 0.651. The fourth-order valence-corrected chi connectivity index (χ4v) is 6.41. The normalized spacial score (nSPS) is 18.3. The van der Waals surface area contributed by atoms with Crippen molar-refractivity contribution in [2.75, 3.05) is 9.62 Å². The predicted octanol–water partition coefficient (Wildman–Crippen LogP) is 3.81. The van der Waals surface area contributed by atoms with Crippen molar-refractivity contribution >= 4 is 38.1 Å². The highest BCUT2D eigenvalue weighted by molar-refractivity contribution is 7.92. The van der Waals surface area contributed by atoms with Gasteiger partial charge in [0.2, 0.25) is 5.13 Å². The number of nitrogens with one attached hydrogen (secondary N) is 1. The number of hydrogen-bond acceptors (Lipinski definition) is 6. The molecule has 2 aromatic carbocycles. The molecule has 1 unspecified atom stereocenters. The third-order valence-electron chi connectivity index (χ3n) is 5.39. The molecule has 1 aromatic heterocycles. The van der Waals surface area contributed by atoms with Crippen LogP contribution in [0.2, 0.25) is 0 Å².